The SMILES string of the molecule is Cn1c(=S)c2cc(I)ccc2n1C. The molecule has 0 spiro atoms. The van der Waals surface area contributed by atoms with Gasteiger partial charge in [0.15, 0.2) is 0 Å². The highest BCUT2D eigenvalue weighted by molar-refractivity contribution is 14.1. The fourth-order valence-corrected chi connectivity index (χ4v) is 2.21. The second kappa shape index (κ2) is 3.09. The topological polar surface area (TPSA) is 9.86 Å². The fourth-order valence-electron chi connectivity index (χ4n) is 1.43. The third-order valence-electron chi connectivity index (χ3n) is 2.28. The molecule has 0 saturated carbocycles. The molecule has 0 aliphatic carbocycles. The summed E-state index contributed by atoms with van der Waals surface area (Å²) in [6.07, 6.45) is 0. The third-order valence-corrected chi connectivity index (χ3v) is 3.44. The van der Waals surface area contributed by atoms with Crippen molar-refractivity contribution < 1.29 is 0 Å². The van der Waals surface area contributed by atoms with Crippen LogP contribution in [0.4, 0.5) is 0 Å². The maximum absolute atomic E-state index is 5.31. The molecule has 0 fully saturated rings. The van der Waals surface area contributed by atoms with Gasteiger partial charge in [-0.3, -0.25) is 9.36 Å². The van der Waals surface area contributed by atoms with Gasteiger partial charge in [0, 0.05) is 23.1 Å². The second-order valence-corrected chi connectivity index (χ2v) is 4.65. The molecule has 13 heavy (non-hydrogen) atoms. The van der Waals surface area contributed by atoms with Gasteiger partial charge in [-0.1, -0.05) is 12.2 Å². The van der Waals surface area contributed by atoms with Crippen LogP contribution in [0.2, 0.25) is 0 Å². The van der Waals surface area contributed by atoms with Crippen LogP contribution in [0.15, 0.2) is 18.2 Å². The van der Waals surface area contributed by atoms with Crippen molar-refractivity contribution in [3.05, 3.63) is 26.4 Å². The summed E-state index contributed by atoms with van der Waals surface area (Å²) in [6.45, 7) is 0. The van der Waals surface area contributed by atoms with Gasteiger partial charge in [-0.15, -0.1) is 0 Å². The van der Waals surface area contributed by atoms with Crippen LogP contribution in [0.1, 0.15) is 0 Å². The van der Waals surface area contributed by atoms with E-state index in [1.165, 1.54) is 9.09 Å². The van der Waals surface area contributed by atoms with E-state index in [9.17, 15) is 0 Å². The van der Waals surface area contributed by atoms with E-state index in [4.69, 9.17) is 12.2 Å². The van der Waals surface area contributed by atoms with Gasteiger partial charge in [0.1, 0.15) is 4.64 Å². The van der Waals surface area contributed by atoms with Crippen molar-refractivity contribution in [1.29, 1.82) is 0 Å². The minimum atomic E-state index is 0.899. The number of rotatable bonds is 0. The highest BCUT2D eigenvalue weighted by atomic mass is 127. The summed E-state index contributed by atoms with van der Waals surface area (Å²) in [6, 6.07) is 6.32. The Labute approximate surface area is 95.3 Å². The molecule has 0 saturated heterocycles. The molecule has 0 N–H and O–H groups in total. The van der Waals surface area contributed by atoms with Gasteiger partial charge in [0.25, 0.3) is 0 Å². The Bertz CT molecular complexity index is 524. The smallest absolute Gasteiger partial charge is 0.129 e. The van der Waals surface area contributed by atoms with E-state index in [-0.39, 0.29) is 0 Å². The molecule has 68 valence electrons. The first-order chi connectivity index (χ1) is 6.11. The van der Waals surface area contributed by atoms with Gasteiger partial charge >= 0.3 is 0 Å². The van der Waals surface area contributed by atoms with E-state index in [0.29, 0.717) is 0 Å². The van der Waals surface area contributed by atoms with Gasteiger partial charge in [-0.05, 0) is 40.8 Å². The Morgan fingerprint density at radius 1 is 1.23 bits per heavy atom. The van der Waals surface area contributed by atoms with E-state index in [1.807, 2.05) is 18.8 Å². The number of aromatic nitrogens is 2. The number of aryl methyl sites for hydroxylation is 1. The lowest BCUT2D eigenvalue weighted by molar-refractivity contribution is 0.606. The summed E-state index contributed by atoms with van der Waals surface area (Å²) in [7, 11) is 4.00. The molecule has 0 aliphatic rings. The van der Waals surface area contributed by atoms with E-state index >= 15 is 0 Å². The number of hydrogen-bond donors (Lipinski definition) is 0. The predicted molar refractivity (Wildman–Crippen MR) is 65.4 cm³/mol. The normalized spacial score (nSPS) is 11.0. The zero-order valence-corrected chi connectivity index (χ0v) is 10.4. The Balaban J connectivity index is 3.04. The third kappa shape index (κ3) is 1.32. The van der Waals surface area contributed by atoms with Crippen LogP contribution in [-0.4, -0.2) is 9.36 Å². The molecule has 1 aromatic heterocycles. The first-order valence-corrected chi connectivity index (χ1v) is 5.41. The fraction of sp³-hybridized carbons (Fsp3) is 0.222. The molecule has 0 radical (unpaired) electrons. The quantitative estimate of drug-likeness (QED) is 0.537. The summed E-state index contributed by atoms with van der Waals surface area (Å²) in [4.78, 5) is 0. The average Bonchev–Trinajstić information content (AvgIpc) is 2.32. The second-order valence-electron chi connectivity index (χ2n) is 3.01. The Hall–Kier alpha value is -0.360. The molecular formula is C9H9IN2S. The number of hydrogen-bond acceptors (Lipinski definition) is 1. The van der Waals surface area contributed by atoms with Crippen molar-refractivity contribution in [3.8, 4) is 0 Å². The van der Waals surface area contributed by atoms with Gasteiger partial charge in [-0.2, -0.15) is 0 Å². The Morgan fingerprint density at radius 2 is 1.92 bits per heavy atom. The summed E-state index contributed by atoms with van der Waals surface area (Å²) >= 11 is 7.61. The molecule has 0 aliphatic heterocycles. The van der Waals surface area contributed by atoms with Crippen molar-refractivity contribution in [1.82, 2.24) is 9.36 Å². The van der Waals surface area contributed by atoms with E-state index in [0.717, 1.165) is 10.0 Å². The first-order valence-electron chi connectivity index (χ1n) is 3.92. The Kier molecular flexibility index (Phi) is 2.19. The maximum Gasteiger partial charge on any atom is 0.129 e. The largest absolute Gasteiger partial charge is 0.287 e. The van der Waals surface area contributed by atoms with Gasteiger partial charge in [-0.25, -0.2) is 0 Å². The first kappa shape index (κ1) is 9.21. The zero-order valence-electron chi connectivity index (χ0n) is 7.41. The molecule has 4 heteroatoms. The molecule has 2 nitrogen and oxygen atoms in total. The van der Waals surface area contributed by atoms with Crippen LogP contribution in [0.25, 0.3) is 10.9 Å². The van der Waals surface area contributed by atoms with Gasteiger partial charge < -0.3 is 0 Å². The molecule has 1 aromatic carbocycles. The molecule has 0 unspecified atom stereocenters. The van der Waals surface area contributed by atoms with Crippen LogP contribution in [0, 0.1) is 8.21 Å². The summed E-state index contributed by atoms with van der Waals surface area (Å²) in [5.41, 5.74) is 1.19. The van der Waals surface area contributed by atoms with Crippen molar-refractivity contribution in [2.75, 3.05) is 0 Å². The molecular weight excluding hydrogens is 295 g/mol. The summed E-state index contributed by atoms with van der Waals surface area (Å²) < 4.78 is 6.17. The van der Waals surface area contributed by atoms with Crippen molar-refractivity contribution in [2.45, 2.75) is 0 Å². The predicted octanol–water partition coefficient (Wildman–Crippen LogP) is 2.85. The van der Waals surface area contributed by atoms with Crippen molar-refractivity contribution >= 4 is 45.7 Å². The summed E-state index contributed by atoms with van der Waals surface area (Å²) in [5, 5.41) is 1.16. The average molecular weight is 304 g/mol. The Morgan fingerprint density at radius 3 is 2.62 bits per heavy atom. The number of halogens is 1. The number of fused-ring (bicyclic) bond motifs is 1. The van der Waals surface area contributed by atoms with Crippen molar-refractivity contribution in [3.63, 3.8) is 0 Å². The molecule has 0 bridgehead atoms. The molecule has 2 aromatic rings. The molecule has 1 heterocycles. The molecule has 2 rings (SSSR count). The highest BCUT2D eigenvalue weighted by Gasteiger charge is 2.04. The van der Waals surface area contributed by atoms with Crippen molar-refractivity contribution in [2.24, 2.45) is 14.1 Å². The van der Waals surface area contributed by atoms with E-state index in [2.05, 4.69) is 45.5 Å². The minimum Gasteiger partial charge on any atom is -0.287 e. The summed E-state index contributed by atoms with van der Waals surface area (Å²) in [5.74, 6) is 0. The number of nitrogens with zero attached hydrogens (tertiary/aromatic N) is 2. The van der Waals surface area contributed by atoms with Crippen LogP contribution >= 0.6 is 34.8 Å². The number of benzene rings is 1. The van der Waals surface area contributed by atoms with Gasteiger partial charge in [0.2, 0.25) is 0 Å². The van der Waals surface area contributed by atoms with Crippen LogP contribution in [0.3, 0.4) is 0 Å². The lowest BCUT2D eigenvalue weighted by Crippen LogP contribution is -2.02. The molecule has 0 atom stereocenters. The van der Waals surface area contributed by atoms with Gasteiger partial charge in [0.05, 0.1) is 5.52 Å². The van der Waals surface area contributed by atoms with Crippen LogP contribution < -0.4 is 0 Å². The highest BCUT2D eigenvalue weighted by Crippen LogP contribution is 2.19. The minimum absolute atomic E-state index is 0.899. The lowest BCUT2D eigenvalue weighted by Gasteiger charge is -1.99. The molecule has 0 amide bonds. The van der Waals surface area contributed by atoms with E-state index in [1.54, 1.807) is 0 Å². The van der Waals surface area contributed by atoms with Crippen LogP contribution in [0.5, 0.6) is 0 Å². The monoisotopic (exact) mass is 304 g/mol. The van der Waals surface area contributed by atoms with E-state index < -0.39 is 0 Å². The lowest BCUT2D eigenvalue weighted by atomic mass is 10.3. The maximum atomic E-state index is 5.31. The standard InChI is InChI=1S/C9H9IN2S/c1-11-8-4-3-6(10)5-7(8)9(13)12(11)2/h3-5H,1-2H3. The zero-order chi connectivity index (χ0) is 9.59. The van der Waals surface area contributed by atoms with Crippen LogP contribution in [-0.2, 0) is 14.1 Å².